The first-order valence-electron chi connectivity index (χ1n) is 11.9. The van der Waals surface area contributed by atoms with Crippen molar-refractivity contribution in [2.75, 3.05) is 37.7 Å². The van der Waals surface area contributed by atoms with E-state index >= 15 is 0 Å². The summed E-state index contributed by atoms with van der Waals surface area (Å²) in [6, 6.07) is 3.83. The number of nitrogens with one attached hydrogen (secondary N) is 2. The average molecular weight is 506 g/mol. The third kappa shape index (κ3) is 5.66. The van der Waals surface area contributed by atoms with E-state index in [-0.39, 0.29) is 24.7 Å². The predicted octanol–water partition coefficient (Wildman–Crippen LogP) is 2.98. The molecule has 0 unspecified atom stereocenters. The molecule has 13 heteroatoms. The van der Waals surface area contributed by atoms with Crippen LogP contribution < -0.4 is 15.0 Å². The lowest BCUT2D eigenvalue weighted by molar-refractivity contribution is -0.123. The van der Waals surface area contributed by atoms with E-state index in [2.05, 4.69) is 24.9 Å². The largest absolute Gasteiger partial charge is 0.461 e. The van der Waals surface area contributed by atoms with Crippen LogP contribution in [0.1, 0.15) is 47.8 Å². The van der Waals surface area contributed by atoms with Crippen molar-refractivity contribution in [2.45, 2.75) is 43.9 Å². The summed E-state index contributed by atoms with van der Waals surface area (Å²) in [5.74, 6) is -0.968. The number of amides is 1. The number of H-pyrrole nitrogens is 1. The summed E-state index contributed by atoms with van der Waals surface area (Å²) >= 11 is 0. The summed E-state index contributed by atoms with van der Waals surface area (Å²) < 4.78 is 49.0. The van der Waals surface area contributed by atoms with Crippen LogP contribution in [0.4, 0.5) is 19.1 Å². The van der Waals surface area contributed by atoms with Gasteiger partial charge < -0.3 is 24.7 Å². The van der Waals surface area contributed by atoms with Crippen molar-refractivity contribution < 1.29 is 27.4 Å². The predicted molar refractivity (Wildman–Crippen MR) is 123 cm³/mol. The molecule has 0 saturated carbocycles. The molecule has 0 spiro atoms. The van der Waals surface area contributed by atoms with Crippen molar-refractivity contribution >= 4 is 22.9 Å². The van der Waals surface area contributed by atoms with E-state index in [1.807, 2.05) is 28.5 Å². The Labute approximate surface area is 204 Å². The molecule has 1 amide bonds. The Morgan fingerprint density at radius 3 is 2.81 bits per heavy atom. The highest BCUT2D eigenvalue weighted by Gasteiger charge is 2.30. The lowest BCUT2D eigenvalue weighted by Crippen LogP contribution is -2.37. The minimum absolute atomic E-state index is 0.113. The van der Waals surface area contributed by atoms with Crippen LogP contribution in [0.25, 0.3) is 11.0 Å². The zero-order valence-electron chi connectivity index (χ0n) is 19.4. The fraction of sp³-hybridized carbons (Fsp3) is 0.522. The molecule has 2 N–H and O–H groups in total. The van der Waals surface area contributed by atoms with Gasteiger partial charge in [0, 0.05) is 37.5 Å². The van der Waals surface area contributed by atoms with Crippen molar-refractivity contribution in [3.63, 3.8) is 0 Å². The standard InChI is InChI=1S/C23H26F3N7O3/c24-23(25,26)13-29-20(34)19-30-21(32-22(31-19)36-12-15-3-2-10-35-15)33-8-5-14(6-9-33)17-11-28-18-16(17)4-1-7-27-18/h1,4,7,11,14-15H,2-3,5-6,8-10,12-13H2,(H,27,28)(H,29,34)/t15-/m1/s1. The maximum Gasteiger partial charge on any atom is 0.405 e. The van der Waals surface area contributed by atoms with Crippen LogP contribution in [0, 0.1) is 0 Å². The molecule has 5 rings (SSSR count). The molecule has 2 fully saturated rings. The van der Waals surface area contributed by atoms with Gasteiger partial charge in [0.05, 0.1) is 6.10 Å². The molecule has 3 aromatic heterocycles. The second-order valence-electron chi connectivity index (χ2n) is 8.89. The zero-order valence-corrected chi connectivity index (χ0v) is 19.4. The van der Waals surface area contributed by atoms with Gasteiger partial charge in [0.15, 0.2) is 0 Å². The van der Waals surface area contributed by atoms with Gasteiger partial charge in [0.2, 0.25) is 11.8 Å². The second-order valence-corrected chi connectivity index (χ2v) is 8.89. The summed E-state index contributed by atoms with van der Waals surface area (Å²) in [4.78, 5) is 34.3. The molecule has 0 bridgehead atoms. The van der Waals surface area contributed by atoms with Crippen LogP contribution in [-0.2, 0) is 4.74 Å². The van der Waals surface area contributed by atoms with Gasteiger partial charge in [0.25, 0.3) is 5.91 Å². The van der Waals surface area contributed by atoms with E-state index in [0.717, 1.165) is 36.7 Å². The summed E-state index contributed by atoms with van der Waals surface area (Å²) in [5.41, 5.74) is 2.04. The highest BCUT2D eigenvalue weighted by atomic mass is 19.4. The minimum atomic E-state index is -4.55. The lowest BCUT2D eigenvalue weighted by Gasteiger charge is -2.32. The number of carbonyl (C=O) groups excluding carboxylic acids is 1. The fourth-order valence-corrected chi connectivity index (χ4v) is 4.56. The average Bonchev–Trinajstić information content (AvgIpc) is 3.56. The normalized spacial score (nSPS) is 19.1. The number of alkyl halides is 3. The number of rotatable bonds is 7. The number of aromatic nitrogens is 5. The van der Waals surface area contributed by atoms with Gasteiger partial charge in [-0.05, 0) is 49.3 Å². The maximum atomic E-state index is 12.6. The number of nitrogens with zero attached hydrogens (tertiary/aromatic N) is 5. The maximum absolute atomic E-state index is 12.6. The smallest absolute Gasteiger partial charge is 0.405 e. The molecular formula is C23H26F3N7O3. The highest BCUT2D eigenvalue weighted by molar-refractivity contribution is 5.90. The Morgan fingerprint density at radius 1 is 1.22 bits per heavy atom. The van der Waals surface area contributed by atoms with Crippen LogP contribution in [0.3, 0.4) is 0 Å². The summed E-state index contributed by atoms with van der Waals surface area (Å²) in [5, 5.41) is 2.90. The number of hydrogen-bond donors (Lipinski definition) is 2. The zero-order chi connectivity index (χ0) is 25.1. The van der Waals surface area contributed by atoms with Gasteiger partial charge in [-0.15, -0.1) is 0 Å². The Hall–Kier alpha value is -3.48. The van der Waals surface area contributed by atoms with Crippen molar-refractivity contribution in [2.24, 2.45) is 0 Å². The monoisotopic (exact) mass is 505 g/mol. The molecule has 2 saturated heterocycles. The number of ether oxygens (including phenoxy) is 2. The van der Waals surface area contributed by atoms with E-state index in [4.69, 9.17) is 9.47 Å². The molecule has 10 nitrogen and oxygen atoms in total. The Balaban J connectivity index is 1.31. The fourth-order valence-electron chi connectivity index (χ4n) is 4.56. The molecule has 0 aliphatic carbocycles. The first-order valence-corrected chi connectivity index (χ1v) is 11.9. The van der Waals surface area contributed by atoms with E-state index in [1.165, 1.54) is 5.56 Å². The van der Waals surface area contributed by atoms with Gasteiger partial charge in [0.1, 0.15) is 18.8 Å². The third-order valence-electron chi connectivity index (χ3n) is 6.38. The second kappa shape index (κ2) is 10.2. The SMILES string of the molecule is O=C(NCC(F)(F)F)c1nc(OC[C@H]2CCCO2)nc(N2CCC(c3c[nH]c4ncccc34)CC2)n1. The van der Waals surface area contributed by atoms with E-state index in [1.54, 1.807) is 6.20 Å². The number of aromatic amines is 1. The topological polar surface area (TPSA) is 118 Å². The molecular weight excluding hydrogens is 479 g/mol. The summed E-state index contributed by atoms with van der Waals surface area (Å²) in [6.45, 7) is 0.531. The van der Waals surface area contributed by atoms with Gasteiger partial charge in [-0.3, -0.25) is 4.79 Å². The number of halogens is 3. The number of fused-ring (bicyclic) bond motifs is 1. The number of carbonyl (C=O) groups is 1. The van der Waals surface area contributed by atoms with Gasteiger partial charge in [-0.1, -0.05) is 0 Å². The lowest BCUT2D eigenvalue weighted by atomic mass is 9.89. The highest BCUT2D eigenvalue weighted by Crippen LogP contribution is 2.33. The molecule has 2 aliphatic rings. The minimum Gasteiger partial charge on any atom is -0.461 e. The summed E-state index contributed by atoms with van der Waals surface area (Å²) in [7, 11) is 0. The Morgan fingerprint density at radius 2 is 2.06 bits per heavy atom. The number of hydrogen-bond acceptors (Lipinski definition) is 8. The molecule has 192 valence electrons. The Bertz CT molecular complexity index is 1210. The quantitative estimate of drug-likeness (QED) is 0.503. The van der Waals surface area contributed by atoms with Crippen molar-refractivity contribution in [1.82, 2.24) is 30.2 Å². The summed E-state index contributed by atoms with van der Waals surface area (Å²) in [6.07, 6.45) is 2.41. The van der Waals surface area contributed by atoms with Crippen LogP contribution >= 0.6 is 0 Å². The van der Waals surface area contributed by atoms with Crippen molar-refractivity contribution in [3.05, 3.63) is 35.9 Å². The molecule has 5 heterocycles. The van der Waals surface area contributed by atoms with Crippen molar-refractivity contribution in [1.29, 1.82) is 0 Å². The van der Waals surface area contributed by atoms with Gasteiger partial charge in [-0.25, -0.2) is 4.98 Å². The molecule has 0 aromatic carbocycles. The van der Waals surface area contributed by atoms with Crippen LogP contribution in [-0.4, -0.2) is 76.0 Å². The van der Waals surface area contributed by atoms with Crippen LogP contribution in [0.5, 0.6) is 6.01 Å². The van der Waals surface area contributed by atoms with Crippen LogP contribution in [0.15, 0.2) is 24.5 Å². The third-order valence-corrected chi connectivity index (χ3v) is 6.38. The van der Waals surface area contributed by atoms with E-state index < -0.39 is 24.5 Å². The Kier molecular flexibility index (Phi) is 6.90. The van der Waals surface area contributed by atoms with Crippen LogP contribution in [0.2, 0.25) is 0 Å². The van der Waals surface area contributed by atoms with Gasteiger partial charge in [-0.2, -0.15) is 28.1 Å². The van der Waals surface area contributed by atoms with E-state index in [9.17, 15) is 18.0 Å². The molecule has 3 aromatic rings. The first kappa shape index (κ1) is 24.2. The number of pyridine rings is 1. The number of piperidine rings is 1. The molecule has 2 aliphatic heterocycles. The van der Waals surface area contributed by atoms with Crippen molar-refractivity contribution in [3.8, 4) is 6.01 Å². The molecule has 36 heavy (non-hydrogen) atoms. The first-order chi connectivity index (χ1) is 17.4. The van der Waals surface area contributed by atoms with E-state index in [0.29, 0.717) is 25.6 Å². The molecule has 1 atom stereocenters. The van der Waals surface area contributed by atoms with Gasteiger partial charge >= 0.3 is 12.2 Å². The number of anilines is 1. The molecule has 0 radical (unpaired) electrons.